The summed E-state index contributed by atoms with van der Waals surface area (Å²) >= 11 is 6.51. The summed E-state index contributed by atoms with van der Waals surface area (Å²) in [6, 6.07) is 10.5. The molecular formula is C31H27ClO11. The summed E-state index contributed by atoms with van der Waals surface area (Å²) in [6.07, 6.45) is -0.617. The van der Waals surface area contributed by atoms with Crippen molar-refractivity contribution in [1.29, 1.82) is 0 Å². The number of halogens is 1. The number of carbonyl (C=O) groups is 4. The van der Waals surface area contributed by atoms with Gasteiger partial charge >= 0.3 is 11.9 Å². The molecule has 12 heteroatoms. The minimum atomic E-state index is -2.05. The predicted molar refractivity (Wildman–Crippen MR) is 151 cm³/mol. The van der Waals surface area contributed by atoms with Crippen molar-refractivity contribution in [1.82, 2.24) is 0 Å². The summed E-state index contributed by atoms with van der Waals surface area (Å²) in [4.78, 5) is 51.5. The largest absolute Gasteiger partial charge is 0.507 e. The van der Waals surface area contributed by atoms with E-state index in [0.29, 0.717) is 11.3 Å². The van der Waals surface area contributed by atoms with Crippen molar-refractivity contribution in [2.75, 3.05) is 21.3 Å². The van der Waals surface area contributed by atoms with Crippen LogP contribution in [0.25, 0.3) is 11.3 Å². The fraction of sp³-hybridized carbons (Fsp3) is 0.290. The molecule has 11 nitrogen and oxygen atoms in total. The summed E-state index contributed by atoms with van der Waals surface area (Å²) in [5.74, 6) is -5.00. The van der Waals surface area contributed by atoms with Gasteiger partial charge in [0.25, 0.3) is 0 Å². The molecule has 1 aromatic heterocycles. The molecule has 1 unspecified atom stereocenters. The third-order valence-corrected chi connectivity index (χ3v) is 8.20. The standard InChI is InChI=1S/C31H27ClO11/c1-14-11-18(33)24(28(35)31(14)29(36)25-21(39-2)13-22(40-3)26(32)27(25)43-31)17(12-23(34)41-4)20-10-9-19(42-20)15-5-7-16(8-6-15)30(37)38/h5-10,13-14,17,35H,11-12H2,1-4H3,(H,37,38)/t14-,17?,31+/m1/s1. The number of esters is 1. The molecule has 1 aliphatic carbocycles. The first-order valence-electron chi connectivity index (χ1n) is 13.1. The Labute approximate surface area is 250 Å². The van der Waals surface area contributed by atoms with Crippen molar-refractivity contribution >= 4 is 35.1 Å². The molecule has 0 bridgehead atoms. The first kappa shape index (κ1) is 29.7. The van der Waals surface area contributed by atoms with Crippen molar-refractivity contribution in [2.45, 2.75) is 31.3 Å². The minimum Gasteiger partial charge on any atom is -0.507 e. The molecule has 1 spiro atoms. The highest BCUT2D eigenvalue weighted by Gasteiger charge is 2.61. The molecular weight excluding hydrogens is 584 g/mol. The molecule has 3 atom stereocenters. The third kappa shape index (κ3) is 4.69. The van der Waals surface area contributed by atoms with E-state index in [2.05, 4.69) is 0 Å². The number of Topliss-reactive ketones (excluding diaryl/α,β-unsaturated/α-hetero) is 2. The molecule has 2 N–H and O–H groups in total. The lowest BCUT2D eigenvalue weighted by atomic mass is 9.69. The maximum Gasteiger partial charge on any atom is 0.335 e. The van der Waals surface area contributed by atoms with Gasteiger partial charge in [-0.2, -0.15) is 0 Å². The van der Waals surface area contributed by atoms with Crippen LogP contribution in [0.3, 0.4) is 0 Å². The number of fused-ring (bicyclic) bond motifs is 1. The monoisotopic (exact) mass is 610 g/mol. The van der Waals surface area contributed by atoms with E-state index >= 15 is 0 Å². The molecule has 2 aromatic carbocycles. The predicted octanol–water partition coefficient (Wildman–Crippen LogP) is 5.40. The van der Waals surface area contributed by atoms with Gasteiger partial charge in [0.2, 0.25) is 11.4 Å². The van der Waals surface area contributed by atoms with Crippen LogP contribution in [0.5, 0.6) is 17.2 Å². The average molecular weight is 611 g/mol. The smallest absolute Gasteiger partial charge is 0.335 e. The Morgan fingerprint density at radius 1 is 1.07 bits per heavy atom. The number of carboxylic acids is 1. The van der Waals surface area contributed by atoms with Crippen molar-refractivity contribution in [2.24, 2.45) is 5.92 Å². The molecule has 0 saturated carbocycles. The molecule has 0 fully saturated rings. The van der Waals surface area contributed by atoms with E-state index in [1.165, 1.54) is 45.6 Å². The van der Waals surface area contributed by atoms with E-state index < -0.39 is 53.1 Å². The SMILES string of the molecule is COC(=O)CC(C1=C(O)[C@@]2(Oc3c(Cl)c(OC)cc(OC)c3C2=O)[C@H](C)CC1=O)c1ccc(-c2ccc(C(=O)O)cc2)o1. The second-order valence-electron chi connectivity index (χ2n) is 10.2. The van der Waals surface area contributed by atoms with Crippen LogP contribution in [0, 0.1) is 5.92 Å². The molecule has 5 rings (SSSR count). The van der Waals surface area contributed by atoms with E-state index in [9.17, 15) is 29.4 Å². The molecule has 43 heavy (non-hydrogen) atoms. The topological polar surface area (TPSA) is 159 Å². The highest BCUT2D eigenvalue weighted by molar-refractivity contribution is 6.35. The number of aliphatic hydroxyl groups excluding tert-OH is 1. The van der Waals surface area contributed by atoms with Crippen molar-refractivity contribution in [3.05, 3.63) is 75.7 Å². The Morgan fingerprint density at radius 2 is 1.74 bits per heavy atom. The number of aliphatic hydroxyl groups is 1. The number of ether oxygens (including phenoxy) is 4. The molecule has 0 amide bonds. The van der Waals surface area contributed by atoms with Gasteiger partial charge < -0.3 is 33.6 Å². The Balaban J connectivity index is 1.65. The average Bonchev–Trinajstić information content (AvgIpc) is 3.60. The summed E-state index contributed by atoms with van der Waals surface area (Å²) in [5, 5.41) is 21.0. The molecule has 2 heterocycles. The fourth-order valence-electron chi connectivity index (χ4n) is 5.61. The number of benzene rings is 2. The summed E-state index contributed by atoms with van der Waals surface area (Å²) in [6.45, 7) is 1.59. The number of furan rings is 1. The summed E-state index contributed by atoms with van der Waals surface area (Å²) < 4.78 is 27.8. The normalized spacial score (nSPS) is 20.1. The van der Waals surface area contributed by atoms with Gasteiger partial charge in [0.15, 0.2) is 17.3 Å². The van der Waals surface area contributed by atoms with Crippen LogP contribution < -0.4 is 14.2 Å². The van der Waals surface area contributed by atoms with Crippen LogP contribution in [0.2, 0.25) is 5.02 Å². The van der Waals surface area contributed by atoms with Crippen molar-refractivity contribution in [3.63, 3.8) is 0 Å². The fourth-order valence-corrected chi connectivity index (χ4v) is 5.87. The van der Waals surface area contributed by atoms with E-state index in [-0.39, 0.29) is 51.2 Å². The van der Waals surface area contributed by atoms with Crippen LogP contribution in [-0.2, 0) is 14.3 Å². The zero-order valence-electron chi connectivity index (χ0n) is 23.6. The van der Waals surface area contributed by atoms with Gasteiger partial charge in [-0.25, -0.2) is 4.79 Å². The maximum atomic E-state index is 14.1. The second-order valence-corrected chi connectivity index (χ2v) is 10.6. The third-order valence-electron chi connectivity index (χ3n) is 7.84. The van der Waals surface area contributed by atoms with Crippen molar-refractivity contribution in [3.8, 4) is 28.6 Å². The van der Waals surface area contributed by atoms with Gasteiger partial charge in [0.05, 0.1) is 39.2 Å². The number of carboxylic acid groups (broad SMARTS) is 1. The molecule has 2 aliphatic rings. The highest BCUT2D eigenvalue weighted by atomic mass is 35.5. The number of methoxy groups -OCH3 is 3. The van der Waals surface area contributed by atoms with Gasteiger partial charge in [-0.15, -0.1) is 0 Å². The van der Waals surface area contributed by atoms with Crippen molar-refractivity contribution < 1.29 is 52.8 Å². The number of allylic oxidation sites excluding steroid dienone is 1. The van der Waals surface area contributed by atoms with E-state index in [4.69, 9.17) is 35.0 Å². The van der Waals surface area contributed by atoms with E-state index in [0.717, 1.165) is 0 Å². The maximum absolute atomic E-state index is 14.1. The van der Waals surface area contributed by atoms with Gasteiger partial charge in [0, 0.05) is 29.5 Å². The molecule has 224 valence electrons. The second kappa shape index (κ2) is 11.1. The van der Waals surface area contributed by atoms with Crippen LogP contribution >= 0.6 is 11.6 Å². The number of hydrogen-bond acceptors (Lipinski definition) is 10. The van der Waals surface area contributed by atoms with Gasteiger partial charge in [0.1, 0.15) is 33.6 Å². The Hall–Kier alpha value is -4.77. The zero-order chi connectivity index (χ0) is 31.2. The lowest BCUT2D eigenvalue weighted by molar-refractivity contribution is -0.141. The van der Waals surface area contributed by atoms with E-state index in [1.807, 2.05) is 0 Å². The van der Waals surface area contributed by atoms with E-state index in [1.54, 1.807) is 25.1 Å². The van der Waals surface area contributed by atoms with Gasteiger partial charge in [-0.05, 0) is 24.3 Å². The number of rotatable bonds is 8. The van der Waals surface area contributed by atoms with Crippen LogP contribution in [0.15, 0.2) is 58.2 Å². The number of ketones is 2. The lowest BCUT2D eigenvalue weighted by Gasteiger charge is -2.38. The minimum absolute atomic E-state index is 0.0160. The lowest BCUT2D eigenvalue weighted by Crippen LogP contribution is -2.53. The first-order valence-corrected chi connectivity index (χ1v) is 13.5. The summed E-state index contributed by atoms with van der Waals surface area (Å²) in [7, 11) is 3.91. The highest BCUT2D eigenvalue weighted by Crippen LogP contribution is 2.56. The van der Waals surface area contributed by atoms with Crippen LogP contribution in [0.4, 0.5) is 0 Å². The first-order chi connectivity index (χ1) is 20.5. The summed E-state index contributed by atoms with van der Waals surface area (Å²) in [5.41, 5.74) is -1.70. The molecule has 0 saturated heterocycles. The Bertz CT molecular complexity index is 1680. The number of hydrogen-bond donors (Lipinski definition) is 2. The van der Waals surface area contributed by atoms with Crippen LogP contribution in [0.1, 0.15) is 52.2 Å². The molecule has 0 radical (unpaired) electrons. The molecule has 1 aliphatic heterocycles. The Morgan fingerprint density at radius 3 is 2.35 bits per heavy atom. The van der Waals surface area contributed by atoms with Crippen LogP contribution in [-0.4, -0.2) is 60.6 Å². The quantitative estimate of drug-likeness (QED) is 0.315. The Kier molecular flexibility index (Phi) is 7.70. The van der Waals surface area contributed by atoms with Gasteiger partial charge in [-0.3, -0.25) is 14.4 Å². The number of aromatic carboxylic acids is 1. The zero-order valence-corrected chi connectivity index (χ0v) is 24.3. The number of carbonyl (C=O) groups excluding carboxylic acids is 3. The molecule has 3 aromatic rings. The van der Waals surface area contributed by atoms with Gasteiger partial charge in [-0.1, -0.05) is 30.7 Å².